The molecule has 23 heavy (non-hydrogen) atoms. The lowest BCUT2D eigenvalue weighted by Gasteiger charge is -1.98. The second kappa shape index (κ2) is 5.81. The molecule has 0 aliphatic rings. The summed E-state index contributed by atoms with van der Waals surface area (Å²) in [4.78, 5) is 11.3. The lowest BCUT2D eigenvalue weighted by atomic mass is 10.2. The Kier molecular flexibility index (Phi) is 3.51. The second-order valence-electron chi connectivity index (χ2n) is 4.75. The number of hydrogen-bond acceptors (Lipinski definition) is 6. The molecule has 0 aliphatic carbocycles. The first kappa shape index (κ1) is 13.9. The number of aromatic nitrogens is 5. The van der Waals surface area contributed by atoms with Crippen molar-refractivity contribution in [3.8, 4) is 11.6 Å². The zero-order valence-electron chi connectivity index (χ0n) is 11.7. The molecule has 0 atom stereocenters. The molecular formula is C15H10FN5OS. The van der Waals surface area contributed by atoms with E-state index in [0.29, 0.717) is 28.2 Å². The van der Waals surface area contributed by atoms with Gasteiger partial charge < -0.3 is 9.40 Å². The van der Waals surface area contributed by atoms with Crippen molar-refractivity contribution < 1.29 is 8.81 Å². The summed E-state index contributed by atoms with van der Waals surface area (Å²) in [7, 11) is 0. The maximum atomic E-state index is 13.2. The molecule has 0 aliphatic heterocycles. The second-order valence-corrected chi connectivity index (χ2v) is 5.68. The summed E-state index contributed by atoms with van der Waals surface area (Å²) in [5.41, 5.74) is 2.15. The Morgan fingerprint density at radius 1 is 1.17 bits per heavy atom. The zero-order valence-corrected chi connectivity index (χ0v) is 12.5. The van der Waals surface area contributed by atoms with E-state index in [9.17, 15) is 4.39 Å². The first-order valence-corrected chi connectivity index (χ1v) is 7.77. The Morgan fingerprint density at radius 2 is 2.13 bits per heavy atom. The third kappa shape index (κ3) is 2.80. The van der Waals surface area contributed by atoms with E-state index in [0.717, 1.165) is 10.9 Å². The SMILES string of the molecule is Fc1cccc(CSc2nnc(-c3ncnc4[nH]ccc34)o2)c1. The van der Waals surface area contributed by atoms with Crippen LogP contribution in [0, 0.1) is 5.82 Å². The number of halogens is 1. The number of nitrogens with one attached hydrogen (secondary N) is 1. The van der Waals surface area contributed by atoms with Gasteiger partial charge in [-0.2, -0.15) is 0 Å². The van der Waals surface area contributed by atoms with Crippen LogP contribution >= 0.6 is 11.8 Å². The van der Waals surface area contributed by atoms with Gasteiger partial charge >= 0.3 is 0 Å². The standard InChI is InChI=1S/C15H10FN5OS/c16-10-3-1-2-9(6-10)7-23-15-21-20-14(22-15)12-11-4-5-17-13(11)19-8-18-12/h1-6,8H,7H2,(H,17,18,19). The topological polar surface area (TPSA) is 80.5 Å². The van der Waals surface area contributed by atoms with Gasteiger partial charge in [-0.1, -0.05) is 23.9 Å². The molecule has 1 aromatic carbocycles. The van der Waals surface area contributed by atoms with Crippen LogP contribution < -0.4 is 0 Å². The molecule has 0 saturated carbocycles. The minimum Gasteiger partial charge on any atom is -0.410 e. The molecule has 0 bridgehead atoms. The van der Waals surface area contributed by atoms with Crippen LogP contribution in [0.3, 0.4) is 0 Å². The van der Waals surface area contributed by atoms with Crippen LogP contribution in [0.4, 0.5) is 4.39 Å². The molecule has 6 nitrogen and oxygen atoms in total. The highest BCUT2D eigenvalue weighted by Gasteiger charge is 2.14. The van der Waals surface area contributed by atoms with Crippen LogP contribution in [-0.4, -0.2) is 25.1 Å². The van der Waals surface area contributed by atoms with Crippen molar-refractivity contribution in [3.63, 3.8) is 0 Å². The number of hydrogen-bond donors (Lipinski definition) is 1. The van der Waals surface area contributed by atoms with E-state index < -0.39 is 0 Å². The predicted molar refractivity (Wildman–Crippen MR) is 83.1 cm³/mol. The van der Waals surface area contributed by atoms with Gasteiger partial charge in [0.1, 0.15) is 23.5 Å². The van der Waals surface area contributed by atoms with E-state index in [1.54, 1.807) is 12.3 Å². The molecule has 8 heteroatoms. The van der Waals surface area contributed by atoms with Crippen LogP contribution in [-0.2, 0) is 5.75 Å². The number of thioether (sulfide) groups is 1. The van der Waals surface area contributed by atoms with Gasteiger partial charge in [0.25, 0.3) is 11.1 Å². The van der Waals surface area contributed by atoms with Crippen molar-refractivity contribution in [2.75, 3.05) is 0 Å². The van der Waals surface area contributed by atoms with E-state index in [2.05, 4.69) is 25.1 Å². The molecule has 0 radical (unpaired) electrons. The molecule has 3 heterocycles. The van der Waals surface area contributed by atoms with Gasteiger partial charge in [-0.05, 0) is 23.8 Å². The number of H-pyrrole nitrogens is 1. The summed E-state index contributed by atoms with van der Waals surface area (Å²) in [6.07, 6.45) is 3.22. The number of nitrogens with zero attached hydrogens (tertiary/aromatic N) is 4. The van der Waals surface area contributed by atoms with Gasteiger partial charge in [-0.3, -0.25) is 0 Å². The maximum Gasteiger partial charge on any atom is 0.277 e. The lowest BCUT2D eigenvalue weighted by Crippen LogP contribution is -1.87. The average Bonchev–Trinajstić information content (AvgIpc) is 3.22. The fourth-order valence-electron chi connectivity index (χ4n) is 2.18. The zero-order chi connectivity index (χ0) is 15.6. The van der Waals surface area contributed by atoms with Crippen molar-refractivity contribution in [2.45, 2.75) is 11.0 Å². The molecule has 4 aromatic rings. The van der Waals surface area contributed by atoms with Crippen LogP contribution in [0.1, 0.15) is 5.56 Å². The summed E-state index contributed by atoms with van der Waals surface area (Å²) < 4.78 is 18.8. The van der Waals surface area contributed by atoms with Gasteiger partial charge in [0.05, 0.1) is 5.39 Å². The number of fused-ring (bicyclic) bond motifs is 1. The Labute approximate surface area is 134 Å². The van der Waals surface area contributed by atoms with E-state index in [4.69, 9.17) is 4.42 Å². The molecule has 0 unspecified atom stereocenters. The third-order valence-corrected chi connectivity index (χ3v) is 4.10. The molecule has 0 amide bonds. The summed E-state index contributed by atoms with van der Waals surface area (Å²) in [5, 5.41) is 9.26. The van der Waals surface area contributed by atoms with Gasteiger partial charge in [0.15, 0.2) is 0 Å². The van der Waals surface area contributed by atoms with Gasteiger partial charge in [-0.25, -0.2) is 14.4 Å². The third-order valence-electron chi connectivity index (χ3n) is 3.21. The summed E-state index contributed by atoms with van der Waals surface area (Å²) in [5.74, 6) is 0.617. The highest BCUT2D eigenvalue weighted by Crippen LogP contribution is 2.28. The number of benzene rings is 1. The molecule has 1 N–H and O–H groups in total. The van der Waals surface area contributed by atoms with E-state index in [1.807, 2.05) is 12.1 Å². The molecule has 0 fully saturated rings. The monoisotopic (exact) mass is 327 g/mol. The minimum atomic E-state index is -0.259. The largest absolute Gasteiger partial charge is 0.410 e. The maximum absolute atomic E-state index is 13.2. The van der Waals surface area contributed by atoms with Crippen LogP contribution in [0.5, 0.6) is 0 Å². The molecular weight excluding hydrogens is 317 g/mol. The highest BCUT2D eigenvalue weighted by atomic mass is 32.2. The molecule has 4 rings (SSSR count). The van der Waals surface area contributed by atoms with Gasteiger partial charge in [0.2, 0.25) is 0 Å². The van der Waals surface area contributed by atoms with Crippen LogP contribution in [0.15, 0.2) is 52.5 Å². The normalized spacial score (nSPS) is 11.2. The van der Waals surface area contributed by atoms with Crippen molar-refractivity contribution in [1.29, 1.82) is 0 Å². The molecule has 3 aromatic heterocycles. The number of rotatable bonds is 4. The fourth-order valence-corrected chi connectivity index (χ4v) is 2.88. The Balaban J connectivity index is 1.56. The Morgan fingerprint density at radius 3 is 3.04 bits per heavy atom. The summed E-state index contributed by atoms with van der Waals surface area (Å²) in [6.45, 7) is 0. The molecule has 0 spiro atoms. The fraction of sp³-hybridized carbons (Fsp3) is 0.0667. The van der Waals surface area contributed by atoms with Crippen molar-refractivity contribution in [1.82, 2.24) is 25.1 Å². The first-order chi connectivity index (χ1) is 11.3. The lowest BCUT2D eigenvalue weighted by molar-refractivity contribution is 0.465. The van der Waals surface area contributed by atoms with E-state index in [-0.39, 0.29) is 5.82 Å². The minimum absolute atomic E-state index is 0.259. The first-order valence-electron chi connectivity index (χ1n) is 6.79. The van der Waals surface area contributed by atoms with Crippen LogP contribution in [0.25, 0.3) is 22.6 Å². The summed E-state index contributed by atoms with van der Waals surface area (Å²) in [6, 6.07) is 8.28. The van der Waals surface area contributed by atoms with E-state index in [1.165, 1.54) is 30.2 Å². The van der Waals surface area contributed by atoms with E-state index >= 15 is 0 Å². The van der Waals surface area contributed by atoms with Crippen molar-refractivity contribution >= 4 is 22.8 Å². The Hall–Kier alpha value is -2.74. The molecule has 114 valence electrons. The number of aromatic amines is 1. The quantitative estimate of drug-likeness (QED) is 0.578. The van der Waals surface area contributed by atoms with Gasteiger partial charge in [0, 0.05) is 11.9 Å². The smallest absolute Gasteiger partial charge is 0.277 e. The Bertz CT molecular complexity index is 967. The predicted octanol–water partition coefficient (Wildman–Crippen LogP) is 3.44. The summed E-state index contributed by atoms with van der Waals surface area (Å²) >= 11 is 1.35. The van der Waals surface area contributed by atoms with Gasteiger partial charge in [-0.15, -0.1) is 10.2 Å². The highest BCUT2D eigenvalue weighted by molar-refractivity contribution is 7.98. The molecule has 0 saturated heterocycles. The van der Waals surface area contributed by atoms with Crippen LogP contribution in [0.2, 0.25) is 0 Å². The van der Waals surface area contributed by atoms with Crippen molar-refractivity contribution in [3.05, 3.63) is 54.2 Å². The van der Waals surface area contributed by atoms with Crippen molar-refractivity contribution in [2.24, 2.45) is 0 Å². The average molecular weight is 327 g/mol.